The smallest absolute Gasteiger partial charge is 0.240 e. The highest BCUT2D eigenvalue weighted by molar-refractivity contribution is 7.89. The second kappa shape index (κ2) is 4.67. The number of primary sulfonamides is 1. The number of benzene rings is 2. The zero-order valence-electron chi connectivity index (χ0n) is 9.50. The SMILES string of the molecule is Nc1ccc(S(N)(=O)=O)c(Nc2ccccc2)c1. The zero-order valence-corrected chi connectivity index (χ0v) is 10.3. The molecule has 0 aliphatic heterocycles. The van der Waals surface area contributed by atoms with Crippen molar-refractivity contribution in [1.82, 2.24) is 0 Å². The molecule has 2 rings (SSSR count). The summed E-state index contributed by atoms with van der Waals surface area (Å²) in [4.78, 5) is 0.0144. The Morgan fingerprint density at radius 2 is 1.67 bits per heavy atom. The van der Waals surface area contributed by atoms with E-state index in [0.717, 1.165) is 5.69 Å². The second-order valence-electron chi connectivity index (χ2n) is 3.79. The summed E-state index contributed by atoms with van der Waals surface area (Å²) < 4.78 is 22.9. The molecular weight excluding hydrogens is 250 g/mol. The molecule has 0 fully saturated rings. The average Bonchev–Trinajstić information content (AvgIpc) is 2.28. The van der Waals surface area contributed by atoms with Crippen molar-refractivity contribution in [2.24, 2.45) is 5.14 Å². The number of hydrogen-bond donors (Lipinski definition) is 3. The number of rotatable bonds is 3. The van der Waals surface area contributed by atoms with Crippen LogP contribution in [0.3, 0.4) is 0 Å². The number of nitrogens with one attached hydrogen (secondary N) is 1. The molecular formula is C12H13N3O2S. The normalized spacial score (nSPS) is 11.2. The van der Waals surface area contributed by atoms with Gasteiger partial charge in [-0.25, -0.2) is 13.6 Å². The summed E-state index contributed by atoms with van der Waals surface area (Å²) in [6, 6.07) is 13.6. The Morgan fingerprint density at radius 1 is 1.00 bits per heavy atom. The highest BCUT2D eigenvalue weighted by atomic mass is 32.2. The van der Waals surface area contributed by atoms with Crippen LogP contribution in [0.15, 0.2) is 53.4 Å². The Labute approximate surface area is 105 Å². The van der Waals surface area contributed by atoms with E-state index in [2.05, 4.69) is 5.32 Å². The van der Waals surface area contributed by atoms with Gasteiger partial charge >= 0.3 is 0 Å². The van der Waals surface area contributed by atoms with Gasteiger partial charge in [-0.15, -0.1) is 0 Å². The summed E-state index contributed by atoms with van der Waals surface area (Å²) in [7, 11) is -3.79. The van der Waals surface area contributed by atoms with Gasteiger partial charge in [-0.1, -0.05) is 18.2 Å². The number of sulfonamides is 1. The first-order chi connectivity index (χ1) is 8.47. The number of para-hydroxylation sites is 1. The fourth-order valence-electron chi connectivity index (χ4n) is 1.57. The zero-order chi connectivity index (χ0) is 13.2. The molecule has 0 radical (unpaired) electrons. The molecule has 0 aliphatic carbocycles. The highest BCUT2D eigenvalue weighted by Crippen LogP contribution is 2.26. The standard InChI is InChI=1S/C12H13N3O2S/c13-9-6-7-12(18(14,16)17)11(8-9)15-10-4-2-1-3-5-10/h1-8,15H,13H2,(H2,14,16,17). The van der Waals surface area contributed by atoms with E-state index in [4.69, 9.17) is 10.9 Å². The van der Waals surface area contributed by atoms with Crippen LogP contribution in [0.2, 0.25) is 0 Å². The van der Waals surface area contributed by atoms with E-state index in [1.54, 1.807) is 0 Å². The molecule has 0 unspecified atom stereocenters. The van der Waals surface area contributed by atoms with Crippen molar-refractivity contribution in [3.63, 3.8) is 0 Å². The Balaban J connectivity index is 2.47. The summed E-state index contributed by atoms with van der Waals surface area (Å²) in [6.07, 6.45) is 0. The van der Waals surface area contributed by atoms with Crippen LogP contribution in [-0.4, -0.2) is 8.42 Å². The van der Waals surface area contributed by atoms with Crippen LogP contribution in [0.1, 0.15) is 0 Å². The lowest BCUT2D eigenvalue weighted by atomic mass is 10.2. The fourth-order valence-corrected chi connectivity index (χ4v) is 2.24. The van der Waals surface area contributed by atoms with Gasteiger partial charge in [0.05, 0.1) is 5.69 Å². The molecule has 2 aromatic carbocycles. The van der Waals surface area contributed by atoms with E-state index in [0.29, 0.717) is 11.4 Å². The third-order valence-electron chi connectivity index (χ3n) is 2.36. The predicted octanol–water partition coefficient (Wildman–Crippen LogP) is 1.66. The van der Waals surface area contributed by atoms with Crippen molar-refractivity contribution in [3.05, 3.63) is 48.5 Å². The van der Waals surface area contributed by atoms with Gasteiger partial charge in [0.1, 0.15) is 4.90 Å². The molecule has 0 saturated heterocycles. The quantitative estimate of drug-likeness (QED) is 0.733. The molecule has 0 atom stereocenters. The van der Waals surface area contributed by atoms with E-state index >= 15 is 0 Å². The lowest BCUT2D eigenvalue weighted by molar-refractivity contribution is 0.598. The summed E-state index contributed by atoms with van der Waals surface area (Å²) in [5.74, 6) is 0. The van der Waals surface area contributed by atoms with E-state index in [1.165, 1.54) is 18.2 Å². The van der Waals surface area contributed by atoms with Gasteiger partial charge < -0.3 is 11.1 Å². The minimum Gasteiger partial charge on any atom is -0.399 e. The van der Waals surface area contributed by atoms with Crippen molar-refractivity contribution in [1.29, 1.82) is 0 Å². The Kier molecular flexibility index (Phi) is 3.22. The van der Waals surface area contributed by atoms with E-state index in [-0.39, 0.29) is 4.90 Å². The summed E-state index contributed by atoms with van der Waals surface area (Å²) in [5.41, 5.74) is 7.23. The second-order valence-corrected chi connectivity index (χ2v) is 5.32. The molecule has 0 spiro atoms. The minimum atomic E-state index is -3.79. The molecule has 5 N–H and O–H groups in total. The molecule has 6 heteroatoms. The lowest BCUT2D eigenvalue weighted by Crippen LogP contribution is -2.14. The van der Waals surface area contributed by atoms with Crippen LogP contribution in [0, 0.1) is 0 Å². The van der Waals surface area contributed by atoms with Gasteiger partial charge in [0, 0.05) is 11.4 Å². The third kappa shape index (κ3) is 2.79. The molecule has 5 nitrogen and oxygen atoms in total. The summed E-state index contributed by atoms with van der Waals surface area (Å²) in [5, 5.41) is 8.13. The topological polar surface area (TPSA) is 98.2 Å². The number of anilines is 3. The van der Waals surface area contributed by atoms with Crippen molar-refractivity contribution in [3.8, 4) is 0 Å². The summed E-state index contributed by atoms with van der Waals surface area (Å²) in [6.45, 7) is 0. The minimum absolute atomic E-state index is 0.0144. The molecule has 0 bridgehead atoms. The van der Waals surface area contributed by atoms with Gasteiger partial charge in [0.25, 0.3) is 0 Å². The third-order valence-corrected chi connectivity index (χ3v) is 3.33. The molecule has 0 saturated carbocycles. The number of nitrogen functional groups attached to an aromatic ring is 1. The van der Waals surface area contributed by atoms with Gasteiger partial charge in [0.2, 0.25) is 10.0 Å². The van der Waals surface area contributed by atoms with Crippen LogP contribution in [-0.2, 0) is 10.0 Å². The fraction of sp³-hybridized carbons (Fsp3) is 0. The van der Waals surface area contributed by atoms with Crippen molar-refractivity contribution < 1.29 is 8.42 Å². The van der Waals surface area contributed by atoms with Crippen molar-refractivity contribution in [2.75, 3.05) is 11.1 Å². The molecule has 2 aromatic rings. The number of nitrogens with two attached hydrogens (primary N) is 2. The average molecular weight is 263 g/mol. The van der Waals surface area contributed by atoms with Gasteiger partial charge in [-0.05, 0) is 30.3 Å². The van der Waals surface area contributed by atoms with E-state index < -0.39 is 10.0 Å². The largest absolute Gasteiger partial charge is 0.399 e. The highest BCUT2D eigenvalue weighted by Gasteiger charge is 2.14. The lowest BCUT2D eigenvalue weighted by Gasteiger charge is -2.11. The van der Waals surface area contributed by atoms with Gasteiger partial charge in [-0.3, -0.25) is 0 Å². The molecule has 0 aliphatic rings. The van der Waals surface area contributed by atoms with Crippen LogP contribution in [0.4, 0.5) is 17.1 Å². The van der Waals surface area contributed by atoms with E-state index in [1.807, 2.05) is 30.3 Å². The van der Waals surface area contributed by atoms with E-state index in [9.17, 15) is 8.42 Å². The summed E-state index contributed by atoms with van der Waals surface area (Å²) >= 11 is 0. The number of hydrogen-bond acceptors (Lipinski definition) is 4. The molecule has 94 valence electrons. The first kappa shape index (κ1) is 12.4. The van der Waals surface area contributed by atoms with Gasteiger partial charge in [0.15, 0.2) is 0 Å². The van der Waals surface area contributed by atoms with Crippen LogP contribution in [0.5, 0.6) is 0 Å². The molecule has 18 heavy (non-hydrogen) atoms. The molecule has 0 heterocycles. The first-order valence-electron chi connectivity index (χ1n) is 5.21. The maximum atomic E-state index is 11.5. The Bertz CT molecular complexity index is 654. The van der Waals surface area contributed by atoms with Crippen molar-refractivity contribution in [2.45, 2.75) is 4.90 Å². The van der Waals surface area contributed by atoms with Crippen LogP contribution < -0.4 is 16.2 Å². The Morgan fingerprint density at radius 3 is 2.28 bits per heavy atom. The molecule has 0 amide bonds. The van der Waals surface area contributed by atoms with Crippen LogP contribution in [0.25, 0.3) is 0 Å². The maximum Gasteiger partial charge on any atom is 0.240 e. The monoisotopic (exact) mass is 263 g/mol. The van der Waals surface area contributed by atoms with Crippen LogP contribution >= 0.6 is 0 Å². The van der Waals surface area contributed by atoms with Crippen molar-refractivity contribution >= 4 is 27.1 Å². The maximum absolute atomic E-state index is 11.5. The predicted molar refractivity (Wildman–Crippen MR) is 72.0 cm³/mol. The Hall–Kier alpha value is -2.05. The first-order valence-corrected chi connectivity index (χ1v) is 6.76. The molecule has 0 aromatic heterocycles. The van der Waals surface area contributed by atoms with Gasteiger partial charge in [-0.2, -0.15) is 0 Å².